The molecule has 2 N–H and O–H groups in total. The largest absolute Gasteiger partial charge is 0.478 e. The van der Waals surface area contributed by atoms with Crippen molar-refractivity contribution in [2.75, 3.05) is 31.1 Å². The Morgan fingerprint density at radius 2 is 2.07 bits per heavy atom. The lowest BCUT2D eigenvalue weighted by atomic mass is 10.0. The smallest absolute Gasteiger partial charge is 0.213 e. The molecule has 1 aliphatic heterocycles. The molecule has 1 aromatic heterocycles. The first-order valence-corrected chi connectivity index (χ1v) is 10.8. The summed E-state index contributed by atoms with van der Waals surface area (Å²) in [4.78, 5) is 11.3. The molecule has 0 saturated carbocycles. The summed E-state index contributed by atoms with van der Waals surface area (Å²) in [6.45, 7) is 7.95. The maximum absolute atomic E-state index is 13.5. The third kappa shape index (κ3) is 6.61. The first kappa shape index (κ1) is 21.9. The third-order valence-electron chi connectivity index (χ3n) is 5.02. The predicted molar refractivity (Wildman–Crippen MR) is 120 cm³/mol. The number of ether oxygens (including phenoxy) is 1. The Kier molecular flexibility index (Phi) is 8.30. The number of nitrogens with zero attached hydrogens (tertiary/aromatic N) is 3. The number of rotatable bonds is 8. The minimum absolute atomic E-state index is 0.186. The molecule has 3 rings (SSSR count). The van der Waals surface area contributed by atoms with Gasteiger partial charge in [0.2, 0.25) is 5.88 Å². The summed E-state index contributed by atoms with van der Waals surface area (Å²) < 4.78 is 19.0. The minimum atomic E-state index is -0.186. The SMILES string of the molecule is CCCOc1ccc(CN=C(NCC)NC2CCN(c3cccc(F)c3)CC2)cn1. The molecule has 2 heterocycles. The van der Waals surface area contributed by atoms with Crippen molar-refractivity contribution in [1.29, 1.82) is 0 Å². The van der Waals surface area contributed by atoms with Gasteiger partial charge in [0, 0.05) is 43.6 Å². The van der Waals surface area contributed by atoms with Crippen LogP contribution in [0.2, 0.25) is 0 Å². The molecular weight excluding hydrogens is 381 g/mol. The van der Waals surface area contributed by atoms with Crippen LogP contribution >= 0.6 is 0 Å². The highest BCUT2D eigenvalue weighted by Gasteiger charge is 2.20. The normalized spacial score (nSPS) is 15.2. The van der Waals surface area contributed by atoms with Gasteiger partial charge in [-0.15, -0.1) is 0 Å². The fourth-order valence-corrected chi connectivity index (χ4v) is 3.44. The molecule has 1 aromatic carbocycles. The number of piperidine rings is 1. The summed E-state index contributed by atoms with van der Waals surface area (Å²) in [5, 5.41) is 6.86. The lowest BCUT2D eigenvalue weighted by Gasteiger charge is -2.34. The Labute approximate surface area is 178 Å². The van der Waals surface area contributed by atoms with E-state index >= 15 is 0 Å². The topological polar surface area (TPSA) is 61.8 Å². The van der Waals surface area contributed by atoms with E-state index in [4.69, 9.17) is 9.73 Å². The van der Waals surface area contributed by atoms with Crippen molar-refractivity contribution in [2.24, 2.45) is 4.99 Å². The van der Waals surface area contributed by atoms with Crippen molar-refractivity contribution in [1.82, 2.24) is 15.6 Å². The van der Waals surface area contributed by atoms with Crippen molar-refractivity contribution in [3.05, 3.63) is 54.0 Å². The zero-order valence-corrected chi connectivity index (χ0v) is 17.9. The number of anilines is 1. The monoisotopic (exact) mass is 413 g/mol. The Bertz CT molecular complexity index is 803. The van der Waals surface area contributed by atoms with E-state index < -0.39 is 0 Å². The van der Waals surface area contributed by atoms with Crippen LogP contribution in [0.1, 0.15) is 38.7 Å². The molecule has 7 heteroatoms. The Hall–Kier alpha value is -2.83. The second-order valence-electron chi connectivity index (χ2n) is 7.43. The molecule has 6 nitrogen and oxygen atoms in total. The minimum Gasteiger partial charge on any atom is -0.478 e. The molecule has 2 aromatic rings. The summed E-state index contributed by atoms with van der Waals surface area (Å²) in [5.41, 5.74) is 1.99. The lowest BCUT2D eigenvalue weighted by molar-refractivity contribution is 0.305. The maximum Gasteiger partial charge on any atom is 0.213 e. The lowest BCUT2D eigenvalue weighted by Crippen LogP contribution is -2.48. The molecule has 0 radical (unpaired) electrons. The Morgan fingerprint density at radius 3 is 2.73 bits per heavy atom. The highest BCUT2D eigenvalue weighted by atomic mass is 19.1. The van der Waals surface area contributed by atoms with Gasteiger partial charge >= 0.3 is 0 Å². The van der Waals surface area contributed by atoms with Crippen LogP contribution in [0.3, 0.4) is 0 Å². The van der Waals surface area contributed by atoms with Crippen molar-refractivity contribution >= 4 is 11.6 Å². The average Bonchev–Trinajstić information content (AvgIpc) is 2.77. The summed E-state index contributed by atoms with van der Waals surface area (Å²) in [7, 11) is 0. The van der Waals surface area contributed by atoms with Gasteiger partial charge in [-0.3, -0.25) is 0 Å². The van der Waals surface area contributed by atoms with E-state index in [-0.39, 0.29) is 5.82 Å². The van der Waals surface area contributed by atoms with Crippen molar-refractivity contribution in [2.45, 2.75) is 45.7 Å². The summed E-state index contributed by atoms with van der Waals surface area (Å²) >= 11 is 0. The number of hydrogen-bond donors (Lipinski definition) is 2. The van der Waals surface area contributed by atoms with E-state index in [2.05, 4.69) is 34.4 Å². The van der Waals surface area contributed by atoms with Gasteiger partial charge in [0.1, 0.15) is 5.82 Å². The summed E-state index contributed by atoms with van der Waals surface area (Å²) in [6, 6.07) is 11.1. The van der Waals surface area contributed by atoms with E-state index in [1.807, 2.05) is 24.4 Å². The second-order valence-corrected chi connectivity index (χ2v) is 7.43. The zero-order chi connectivity index (χ0) is 21.2. The summed E-state index contributed by atoms with van der Waals surface area (Å²) in [5.74, 6) is 1.28. The Morgan fingerprint density at radius 1 is 1.23 bits per heavy atom. The quantitative estimate of drug-likeness (QED) is 0.510. The number of hydrogen-bond acceptors (Lipinski definition) is 4. The van der Waals surface area contributed by atoms with E-state index in [1.54, 1.807) is 12.1 Å². The van der Waals surface area contributed by atoms with Gasteiger partial charge in [-0.1, -0.05) is 19.1 Å². The van der Waals surface area contributed by atoms with Gasteiger partial charge < -0.3 is 20.3 Å². The Balaban J connectivity index is 1.51. The fraction of sp³-hybridized carbons (Fsp3) is 0.478. The number of nitrogens with one attached hydrogen (secondary N) is 2. The van der Waals surface area contributed by atoms with E-state index in [0.29, 0.717) is 25.1 Å². The highest BCUT2D eigenvalue weighted by Crippen LogP contribution is 2.20. The van der Waals surface area contributed by atoms with E-state index in [1.165, 1.54) is 6.07 Å². The fourth-order valence-electron chi connectivity index (χ4n) is 3.44. The van der Waals surface area contributed by atoms with Crippen molar-refractivity contribution in [3.63, 3.8) is 0 Å². The van der Waals surface area contributed by atoms with E-state index in [0.717, 1.165) is 56.1 Å². The van der Waals surface area contributed by atoms with Gasteiger partial charge in [0.05, 0.1) is 13.2 Å². The number of benzene rings is 1. The molecule has 0 aliphatic carbocycles. The van der Waals surface area contributed by atoms with Crippen LogP contribution in [0.4, 0.5) is 10.1 Å². The van der Waals surface area contributed by atoms with E-state index in [9.17, 15) is 4.39 Å². The standard InChI is InChI=1S/C23H32FN5O/c1-3-14-30-22-9-8-18(16-26-22)17-27-23(25-4-2)28-20-10-12-29(13-11-20)21-7-5-6-19(24)15-21/h5-9,15-16,20H,3-4,10-14,17H2,1-2H3,(H2,25,27,28). The maximum atomic E-state index is 13.5. The number of pyridine rings is 1. The van der Waals surface area contributed by atoms with Crippen molar-refractivity contribution in [3.8, 4) is 5.88 Å². The van der Waals surface area contributed by atoms with Gasteiger partial charge in [-0.05, 0) is 49.9 Å². The number of halogens is 1. The number of guanidine groups is 1. The van der Waals surface area contributed by atoms with Gasteiger partial charge in [0.15, 0.2) is 5.96 Å². The second kappa shape index (κ2) is 11.4. The van der Waals surface area contributed by atoms with Crippen LogP contribution in [0, 0.1) is 5.82 Å². The number of aliphatic imine (C=N–C) groups is 1. The first-order valence-electron chi connectivity index (χ1n) is 10.8. The molecule has 0 unspecified atom stereocenters. The van der Waals surface area contributed by atoms with Crippen LogP contribution in [0.15, 0.2) is 47.6 Å². The van der Waals surface area contributed by atoms with Gasteiger partial charge in [0.25, 0.3) is 0 Å². The molecule has 30 heavy (non-hydrogen) atoms. The zero-order valence-electron chi connectivity index (χ0n) is 17.9. The highest BCUT2D eigenvalue weighted by molar-refractivity contribution is 5.80. The van der Waals surface area contributed by atoms with Crippen LogP contribution in [-0.4, -0.2) is 43.2 Å². The first-order chi connectivity index (χ1) is 14.7. The third-order valence-corrected chi connectivity index (χ3v) is 5.02. The molecule has 1 saturated heterocycles. The molecule has 1 fully saturated rings. The van der Waals surface area contributed by atoms with Crippen molar-refractivity contribution < 1.29 is 9.13 Å². The molecule has 0 atom stereocenters. The molecule has 1 aliphatic rings. The predicted octanol–water partition coefficient (Wildman–Crippen LogP) is 3.73. The average molecular weight is 414 g/mol. The van der Waals surface area contributed by atoms with Crippen LogP contribution in [0.5, 0.6) is 5.88 Å². The molecule has 0 spiro atoms. The molecular formula is C23H32FN5O. The molecule has 162 valence electrons. The van der Waals surface area contributed by atoms with Crippen LogP contribution in [-0.2, 0) is 6.54 Å². The summed E-state index contributed by atoms with van der Waals surface area (Å²) in [6.07, 6.45) is 4.74. The van der Waals surface area contributed by atoms with Crippen LogP contribution < -0.4 is 20.3 Å². The van der Waals surface area contributed by atoms with Crippen LogP contribution in [0.25, 0.3) is 0 Å². The molecule has 0 bridgehead atoms. The molecule has 0 amide bonds. The van der Waals surface area contributed by atoms with Gasteiger partial charge in [-0.2, -0.15) is 0 Å². The van der Waals surface area contributed by atoms with Gasteiger partial charge in [-0.25, -0.2) is 14.4 Å². The number of aromatic nitrogens is 1.